The molecule has 1 amide bonds. The van der Waals surface area contributed by atoms with Crippen LogP contribution in [-0.2, 0) is 4.79 Å². The van der Waals surface area contributed by atoms with Gasteiger partial charge in [-0.1, -0.05) is 17.8 Å². The first-order chi connectivity index (χ1) is 11.2. The molecule has 1 aliphatic rings. The SMILES string of the molecule is O=C(CSc1ccccn1)N1CCN(c2ccc(F)cc2)CC1. The molecule has 1 aromatic carbocycles. The summed E-state index contributed by atoms with van der Waals surface area (Å²) in [6, 6.07) is 12.2. The largest absolute Gasteiger partial charge is 0.368 e. The van der Waals surface area contributed by atoms with Gasteiger partial charge in [-0.2, -0.15) is 0 Å². The molecule has 0 bridgehead atoms. The van der Waals surface area contributed by atoms with E-state index >= 15 is 0 Å². The zero-order valence-electron chi connectivity index (χ0n) is 12.7. The minimum atomic E-state index is -0.228. The molecule has 0 unspecified atom stereocenters. The molecule has 1 fully saturated rings. The summed E-state index contributed by atoms with van der Waals surface area (Å²) in [4.78, 5) is 20.5. The van der Waals surface area contributed by atoms with Gasteiger partial charge >= 0.3 is 0 Å². The van der Waals surface area contributed by atoms with Crippen LogP contribution in [-0.4, -0.2) is 47.7 Å². The summed E-state index contributed by atoms with van der Waals surface area (Å²) < 4.78 is 13.0. The van der Waals surface area contributed by atoms with Crippen molar-refractivity contribution in [1.29, 1.82) is 0 Å². The lowest BCUT2D eigenvalue weighted by Gasteiger charge is -2.36. The van der Waals surface area contributed by atoms with Gasteiger partial charge in [-0.05, 0) is 36.4 Å². The van der Waals surface area contributed by atoms with Crippen LogP contribution < -0.4 is 4.90 Å². The average Bonchev–Trinajstić information content (AvgIpc) is 2.61. The lowest BCUT2D eigenvalue weighted by molar-refractivity contribution is -0.128. The van der Waals surface area contributed by atoms with Crippen LogP contribution in [0.4, 0.5) is 10.1 Å². The van der Waals surface area contributed by atoms with Crippen LogP contribution in [0.25, 0.3) is 0 Å². The molecule has 0 saturated carbocycles. The fourth-order valence-electron chi connectivity index (χ4n) is 2.53. The fraction of sp³-hybridized carbons (Fsp3) is 0.294. The van der Waals surface area contributed by atoms with Gasteiger partial charge in [0.2, 0.25) is 5.91 Å². The number of halogens is 1. The van der Waals surface area contributed by atoms with E-state index in [2.05, 4.69) is 9.88 Å². The number of benzene rings is 1. The van der Waals surface area contributed by atoms with E-state index in [-0.39, 0.29) is 11.7 Å². The van der Waals surface area contributed by atoms with E-state index < -0.39 is 0 Å². The van der Waals surface area contributed by atoms with Crippen LogP contribution in [0.2, 0.25) is 0 Å². The second-order valence-corrected chi connectivity index (χ2v) is 6.30. The lowest BCUT2D eigenvalue weighted by Crippen LogP contribution is -2.49. The number of nitrogens with zero attached hydrogens (tertiary/aromatic N) is 3. The number of aromatic nitrogens is 1. The molecule has 0 spiro atoms. The Labute approximate surface area is 139 Å². The van der Waals surface area contributed by atoms with E-state index in [4.69, 9.17) is 0 Å². The molecule has 0 aliphatic carbocycles. The number of pyridine rings is 1. The van der Waals surface area contributed by atoms with E-state index in [0.717, 1.165) is 23.8 Å². The number of hydrogen-bond acceptors (Lipinski definition) is 4. The van der Waals surface area contributed by atoms with Crippen molar-refractivity contribution < 1.29 is 9.18 Å². The Morgan fingerprint density at radius 1 is 1.09 bits per heavy atom. The Kier molecular flexibility index (Phi) is 5.12. The van der Waals surface area contributed by atoms with Crippen LogP contribution >= 0.6 is 11.8 Å². The average molecular weight is 331 g/mol. The smallest absolute Gasteiger partial charge is 0.233 e. The van der Waals surface area contributed by atoms with Crippen LogP contribution in [0.5, 0.6) is 0 Å². The second-order valence-electron chi connectivity index (χ2n) is 5.30. The van der Waals surface area contributed by atoms with Crippen LogP contribution in [0.1, 0.15) is 0 Å². The Balaban J connectivity index is 1.48. The molecule has 2 heterocycles. The van der Waals surface area contributed by atoms with Crippen molar-refractivity contribution in [2.45, 2.75) is 5.03 Å². The van der Waals surface area contributed by atoms with Gasteiger partial charge in [-0.3, -0.25) is 4.79 Å². The Hall–Kier alpha value is -2.08. The normalized spacial score (nSPS) is 14.8. The Bertz CT molecular complexity index is 643. The summed E-state index contributed by atoms with van der Waals surface area (Å²) in [7, 11) is 0. The van der Waals surface area contributed by atoms with Crippen LogP contribution in [0.15, 0.2) is 53.7 Å². The standard InChI is InChI=1S/C17H18FN3OS/c18-14-4-6-15(7-5-14)20-9-11-21(12-10-20)17(22)13-23-16-3-1-2-8-19-16/h1-8H,9-13H2. The first kappa shape index (κ1) is 15.8. The molecule has 120 valence electrons. The minimum absolute atomic E-state index is 0.138. The topological polar surface area (TPSA) is 36.4 Å². The van der Waals surface area contributed by atoms with Crippen molar-refractivity contribution in [3.63, 3.8) is 0 Å². The molecule has 1 aromatic heterocycles. The van der Waals surface area contributed by atoms with E-state index in [0.29, 0.717) is 18.8 Å². The number of carbonyl (C=O) groups excluding carboxylic acids is 1. The van der Waals surface area contributed by atoms with Crippen molar-refractivity contribution in [1.82, 2.24) is 9.88 Å². The van der Waals surface area contributed by atoms with Gasteiger partial charge in [-0.25, -0.2) is 9.37 Å². The molecule has 0 N–H and O–H groups in total. The predicted octanol–water partition coefficient (Wildman–Crippen LogP) is 2.66. The van der Waals surface area contributed by atoms with Gasteiger partial charge in [0.25, 0.3) is 0 Å². The van der Waals surface area contributed by atoms with Crippen LogP contribution in [0.3, 0.4) is 0 Å². The van der Waals surface area contributed by atoms with Gasteiger partial charge in [0, 0.05) is 38.1 Å². The summed E-state index contributed by atoms with van der Waals surface area (Å²) in [6.45, 7) is 2.93. The highest BCUT2D eigenvalue weighted by Crippen LogP contribution is 2.18. The highest BCUT2D eigenvalue weighted by molar-refractivity contribution is 7.99. The Morgan fingerprint density at radius 3 is 2.48 bits per heavy atom. The van der Waals surface area contributed by atoms with Crippen molar-refractivity contribution >= 4 is 23.4 Å². The third kappa shape index (κ3) is 4.22. The van der Waals surface area contributed by atoms with Crippen molar-refractivity contribution in [2.75, 3.05) is 36.8 Å². The van der Waals surface area contributed by atoms with Gasteiger partial charge in [0.15, 0.2) is 0 Å². The first-order valence-corrected chi connectivity index (χ1v) is 8.53. The molecule has 6 heteroatoms. The molecule has 1 aliphatic heterocycles. The quantitative estimate of drug-likeness (QED) is 0.807. The monoisotopic (exact) mass is 331 g/mol. The van der Waals surface area contributed by atoms with Crippen molar-refractivity contribution in [3.8, 4) is 0 Å². The third-order valence-corrected chi connectivity index (χ3v) is 4.73. The van der Waals surface area contributed by atoms with Crippen LogP contribution in [0, 0.1) is 5.82 Å². The number of thioether (sulfide) groups is 1. The van der Waals surface area contributed by atoms with Gasteiger partial charge in [0.05, 0.1) is 10.8 Å². The molecule has 2 aromatic rings. The Morgan fingerprint density at radius 2 is 1.83 bits per heavy atom. The number of amides is 1. The number of carbonyl (C=O) groups is 1. The van der Waals surface area contributed by atoms with Gasteiger partial charge < -0.3 is 9.80 Å². The zero-order chi connectivity index (χ0) is 16.1. The predicted molar refractivity (Wildman–Crippen MR) is 90.2 cm³/mol. The number of hydrogen-bond donors (Lipinski definition) is 0. The second kappa shape index (κ2) is 7.46. The lowest BCUT2D eigenvalue weighted by atomic mass is 10.2. The summed E-state index contributed by atoms with van der Waals surface area (Å²) in [6.07, 6.45) is 1.73. The maximum absolute atomic E-state index is 13.0. The van der Waals surface area contributed by atoms with Gasteiger partial charge in [-0.15, -0.1) is 0 Å². The molecule has 0 radical (unpaired) electrons. The molecule has 3 rings (SSSR count). The molecule has 1 saturated heterocycles. The summed E-state index contributed by atoms with van der Waals surface area (Å²) >= 11 is 1.46. The van der Waals surface area contributed by atoms with E-state index in [1.807, 2.05) is 23.1 Å². The van der Waals surface area contributed by atoms with Crippen molar-refractivity contribution in [3.05, 3.63) is 54.5 Å². The van der Waals surface area contributed by atoms with Crippen molar-refractivity contribution in [2.24, 2.45) is 0 Å². The summed E-state index contributed by atoms with van der Waals surface area (Å²) in [5, 5.41) is 0.866. The molecule has 0 atom stereocenters. The van der Waals surface area contributed by atoms with E-state index in [1.165, 1.54) is 23.9 Å². The van der Waals surface area contributed by atoms with E-state index in [9.17, 15) is 9.18 Å². The molecular formula is C17H18FN3OS. The maximum Gasteiger partial charge on any atom is 0.233 e. The summed E-state index contributed by atoms with van der Waals surface area (Å²) in [5.41, 5.74) is 1.00. The minimum Gasteiger partial charge on any atom is -0.368 e. The summed E-state index contributed by atoms with van der Waals surface area (Å²) in [5.74, 6) is 0.321. The highest BCUT2D eigenvalue weighted by atomic mass is 32.2. The number of piperazine rings is 1. The number of rotatable bonds is 4. The molecular weight excluding hydrogens is 313 g/mol. The molecule has 23 heavy (non-hydrogen) atoms. The zero-order valence-corrected chi connectivity index (χ0v) is 13.5. The molecule has 4 nitrogen and oxygen atoms in total. The van der Waals surface area contributed by atoms with E-state index in [1.54, 1.807) is 18.3 Å². The fourth-order valence-corrected chi connectivity index (χ4v) is 3.29. The first-order valence-electron chi connectivity index (χ1n) is 7.54. The third-order valence-electron chi connectivity index (χ3n) is 3.81. The number of anilines is 1. The highest BCUT2D eigenvalue weighted by Gasteiger charge is 2.21. The van der Waals surface area contributed by atoms with Gasteiger partial charge in [0.1, 0.15) is 5.82 Å². The maximum atomic E-state index is 13.0.